The summed E-state index contributed by atoms with van der Waals surface area (Å²) >= 11 is 0. The number of H-pyrrole nitrogens is 1. The molecule has 66 valence electrons. The number of nitrogens with one attached hydrogen (secondary N) is 1. The van der Waals surface area contributed by atoms with E-state index >= 15 is 0 Å². The van der Waals surface area contributed by atoms with E-state index in [1.807, 2.05) is 0 Å². The van der Waals surface area contributed by atoms with Crippen molar-refractivity contribution in [3.63, 3.8) is 0 Å². The molecule has 0 bridgehead atoms. The van der Waals surface area contributed by atoms with Crippen LogP contribution in [0.2, 0.25) is 0 Å². The first kappa shape index (κ1) is 8.66. The Balaban J connectivity index is 2.59. The van der Waals surface area contributed by atoms with Gasteiger partial charge in [0.05, 0.1) is 6.61 Å². The highest BCUT2D eigenvalue weighted by Crippen LogP contribution is 2.03. The first-order chi connectivity index (χ1) is 5.75. The predicted molar refractivity (Wildman–Crippen MR) is 39.9 cm³/mol. The molecule has 0 aliphatic rings. The molecule has 1 aromatic rings. The third-order valence-electron chi connectivity index (χ3n) is 1.27. The molecule has 6 heteroatoms. The molecule has 0 saturated heterocycles. The summed E-state index contributed by atoms with van der Waals surface area (Å²) < 4.78 is 4.68. The van der Waals surface area contributed by atoms with Gasteiger partial charge in [0.25, 0.3) is 0 Å². The number of aromatic nitrogens is 3. The maximum Gasteiger partial charge on any atom is 0.330 e. The fourth-order valence-electron chi connectivity index (χ4n) is 0.708. The molecular formula is C6H10N4O2. The summed E-state index contributed by atoms with van der Waals surface area (Å²) in [7, 11) is 0. The Morgan fingerprint density at radius 1 is 1.92 bits per heavy atom. The molecule has 0 fully saturated rings. The zero-order chi connectivity index (χ0) is 8.97. The van der Waals surface area contributed by atoms with Crippen LogP contribution in [0.4, 0.5) is 0 Å². The van der Waals surface area contributed by atoms with Crippen LogP contribution in [0.1, 0.15) is 18.8 Å². The molecule has 6 nitrogen and oxygen atoms in total. The molecule has 1 unspecified atom stereocenters. The van der Waals surface area contributed by atoms with Gasteiger partial charge in [-0.2, -0.15) is 5.10 Å². The van der Waals surface area contributed by atoms with Crippen molar-refractivity contribution in [2.45, 2.75) is 13.0 Å². The van der Waals surface area contributed by atoms with Gasteiger partial charge in [0.2, 0.25) is 0 Å². The second-order valence-electron chi connectivity index (χ2n) is 2.10. The van der Waals surface area contributed by atoms with Gasteiger partial charge in [-0.05, 0) is 6.92 Å². The Morgan fingerprint density at radius 3 is 3.17 bits per heavy atom. The highest BCUT2D eigenvalue weighted by atomic mass is 16.5. The number of hydrogen-bond donors (Lipinski definition) is 2. The Bertz CT molecular complexity index is 246. The first-order valence-corrected chi connectivity index (χ1v) is 3.53. The topological polar surface area (TPSA) is 93.9 Å². The summed E-state index contributed by atoms with van der Waals surface area (Å²) in [5.41, 5.74) is 5.46. The highest BCUT2D eigenvalue weighted by molar-refractivity contribution is 5.76. The van der Waals surface area contributed by atoms with Gasteiger partial charge < -0.3 is 10.5 Å². The van der Waals surface area contributed by atoms with Crippen LogP contribution in [0, 0.1) is 0 Å². The number of carbonyl (C=O) groups excluding carboxylic acids is 1. The minimum atomic E-state index is -0.868. The van der Waals surface area contributed by atoms with Crippen LogP contribution in [-0.2, 0) is 9.53 Å². The van der Waals surface area contributed by atoms with Gasteiger partial charge >= 0.3 is 5.97 Å². The standard InChI is InChI=1S/C6H10N4O2/c1-2-12-6(11)4(7)5-8-3-9-10-5/h3-4H,2,7H2,1H3,(H,8,9,10). The number of nitrogens with two attached hydrogens (primary N) is 1. The Kier molecular flexibility index (Phi) is 2.76. The molecule has 1 aromatic heterocycles. The molecule has 1 heterocycles. The Morgan fingerprint density at radius 2 is 2.67 bits per heavy atom. The fraction of sp³-hybridized carbons (Fsp3) is 0.500. The van der Waals surface area contributed by atoms with Gasteiger partial charge in [-0.1, -0.05) is 0 Å². The van der Waals surface area contributed by atoms with Crippen LogP contribution >= 0.6 is 0 Å². The first-order valence-electron chi connectivity index (χ1n) is 3.53. The third-order valence-corrected chi connectivity index (χ3v) is 1.27. The summed E-state index contributed by atoms with van der Waals surface area (Å²) in [5, 5.41) is 6.05. The Labute approximate surface area is 69.1 Å². The van der Waals surface area contributed by atoms with Crippen molar-refractivity contribution in [1.29, 1.82) is 0 Å². The van der Waals surface area contributed by atoms with Crippen molar-refractivity contribution in [3.05, 3.63) is 12.2 Å². The third kappa shape index (κ3) is 1.79. The zero-order valence-electron chi connectivity index (χ0n) is 6.65. The van der Waals surface area contributed by atoms with E-state index in [-0.39, 0.29) is 0 Å². The van der Waals surface area contributed by atoms with Crippen LogP contribution in [0.25, 0.3) is 0 Å². The zero-order valence-corrected chi connectivity index (χ0v) is 6.65. The van der Waals surface area contributed by atoms with E-state index in [0.717, 1.165) is 0 Å². The van der Waals surface area contributed by atoms with Crippen LogP contribution in [-0.4, -0.2) is 27.8 Å². The lowest BCUT2D eigenvalue weighted by Gasteiger charge is -2.05. The van der Waals surface area contributed by atoms with E-state index in [2.05, 4.69) is 19.9 Å². The van der Waals surface area contributed by atoms with Crippen molar-refractivity contribution >= 4 is 5.97 Å². The monoisotopic (exact) mass is 170 g/mol. The van der Waals surface area contributed by atoms with E-state index in [1.54, 1.807) is 6.92 Å². The smallest absolute Gasteiger partial charge is 0.330 e. The Hall–Kier alpha value is -1.43. The van der Waals surface area contributed by atoms with Gasteiger partial charge in [-0.25, -0.2) is 9.78 Å². The molecule has 1 atom stereocenters. The number of carbonyl (C=O) groups is 1. The van der Waals surface area contributed by atoms with E-state index in [4.69, 9.17) is 5.73 Å². The normalized spacial score (nSPS) is 12.5. The summed E-state index contributed by atoms with van der Waals surface area (Å²) in [6.45, 7) is 2.02. The molecule has 1 rings (SSSR count). The van der Waals surface area contributed by atoms with Gasteiger partial charge in [-0.3, -0.25) is 5.10 Å². The lowest BCUT2D eigenvalue weighted by molar-refractivity contribution is -0.145. The van der Waals surface area contributed by atoms with Crippen molar-refractivity contribution in [2.24, 2.45) is 5.73 Å². The highest BCUT2D eigenvalue weighted by Gasteiger charge is 2.19. The minimum absolute atomic E-state index is 0.306. The molecule has 3 N–H and O–H groups in total. The van der Waals surface area contributed by atoms with Gasteiger partial charge in [-0.15, -0.1) is 0 Å². The maximum absolute atomic E-state index is 11.0. The van der Waals surface area contributed by atoms with Crippen LogP contribution < -0.4 is 5.73 Å². The second kappa shape index (κ2) is 3.82. The summed E-state index contributed by atoms with van der Waals surface area (Å²) in [5.74, 6) is -0.192. The molecule has 0 radical (unpaired) electrons. The van der Waals surface area contributed by atoms with E-state index in [1.165, 1.54) is 6.33 Å². The van der Waals surface area contributed by atoms with Gasteiger partial charge in [0, 0.05) is 0 Å². The van der Waals surface area contributed by atoms with Crippen LogP contribution in [0.3, 0.4) is 0 Å². The number of aromatic amines is 1. The molecule has 12 heavy (non-hydrogen) atoms. The average molecular weight is 170 g/mol. The summed E-state index contributed by atoms with van der Waals surface area (Å²) in [4.78, 5) is 14.7. The van der Waals surface area contributed by atoms with Crippen LogP contribution in [0.15, 0.2) is 6.33 Å². The van der Waals surface area contributed by atoms with Gasteiger partial charge in [0.15, 0.2) is 11.9 Å². The predicted octanol–water partition coefficient (Wildman–Crippen LogP) is -0.632. The lowest BCUT2D eigenvalue weighted by Crippen LogP contribution is -2.24. The maximum atomic E-state index is 11.0. The minimum Gasteiger partial charge on any atom is -0.464 e. The van der Waals surface area contributed by atoms with Crippen LogP contribution in [0.5, 0.6) is 0 Å². The van der Waals surface area contributed by atoms with E-state index < -0.39 is 12.0 Å². The summed E-state index contributed by atoms with van der Waals surface area (Å²) in [6, 6.07) is -0.868. The number of hydrogen-bond acceptors (Lipinski definition) is 5. The molecule has 0 amide bonds. The average Bonchev–Trinajstić information content (AvgIpc) is 2.55. The molecule has 0 aliphatic carbocycles. The molecule has 0 spiro atoms. The van der Waals surface area contributed by atoms with Crippen molar-refractivity contribution in [2.75, 3.05) is 6.61 Å². The lowest BCUT2D eigenvalue weighted by atomic mass is 10.3. The van der Waals surface area contributed by atoms with E-state index in [0.29, 0.717) is 12.4 Å². The second-order valence-corrected chi connectivity index (χ2v) is 2.10. The quantitative estimate of drug-likeness (QED) is 0.589. The summed E-state index contributed by atoms with van der Waals surface area (Å²) in [6.07, 6.45) is 1.29. The van der Waals surface area contributed by atoms with Crippen molar-refractivity contribution in [3.8, 4) is 0 Å². The van der Waals surface area contributed by atoms with E-state index in [9.17, 15) is 4.79 Å². The van der Waals surface area contributed by atoms with Gasteiger partial charge in [0.1, 0.15) is 6.33 Å². The SMILES string of the molecule is CCOC(=O)C(N)c1ncn[nH]1. The largest absolute Gasteiger partial charge is 0.464 e. The number of nitrogens with zero attached hydrogens (tertiary/aromatic N) is 2. The number of ether oxygens (including phenoxy) is 1. The van der Waals surface area contributed by atoms with Crippen molar-refractivity contribution < 1.29 is 9.53 Å². The molecule has 0 aromatic carbocycles. The molecular weight excluding hydrogens is 160 g/mol. The fourth-order valence-corrected chi connectivity index (χ4v) is 0.708. The molecule has 0 aliphatic heterocycles. The number of esters is 1. The number of rotatable bonds is 3. The van der Waals surface area contributed by atoms with Crippen molar-refractivity contribution in [1.82, 2.24) is 15.2 Å². The molecule has 0 saturated carbocycles.